The summed E-state index contributed by atoms with van der Waals surface area (Å²) in [5.74, 6) is 2.86. The first-order chi connectivity index (χ1) is 26.2. The summed E-state index contributed by atoms with van der Waals surface area (Å²) in [6.07, 6.45) is 8.29. The second-order valence-electron chi connectivity index (χ2n) is 13.1. The normalized spacial score (nSPS) is 15.1. The molecule has 0 aliphatic carbocycles. The molecule has 2 aromatic heterocycles. The SMILES string of the molecule is C=C/C=C(\C=C/C)C1(c2ccccc2)c2cccc(-c3ccc(-c4nc(-c5ccccc5)nc(-c5ccccc5)n4)cc3)c2-n2c1nc1ccccc12. The van der Waals surface area contributed by atoms with Crippen LogP contribution in [0.3, 0.4) is 0 Å². The lowest BCUT2D eigenvalue weighted by molar-refractivity contribution is 0.716. The van der Waals surface area contributed by atoms with Crippen LogP contribution in [-0.4, -0.2) is 24.5 Å². The first-order valence-electron chi connectivity index (χ1n) is 17.8. The maximum absolute atomic E-state index is 5.41. The van der Waals surface area contributed by atoms with E-state index in [0.717, 1.165) is 61.5 Å². The number of allylic oxidation sites excluding steroid dienone is 5. The van der Waals surface area contributed by atoms with Gasteiger partial charge in [-0.05, 0) is 41.3 Å². The third kappa shape index (κ3) is 5.25. The molecular formula is C48H35N5. The van der Waals surface area contributed by atoms with E-state index >= 15 is 0 Å². The molecule has 53 heavy (non-hydrogen) atoms. The van der Waals surface area contributed by atoms with E-state index in [0.29, 0.717) is 17.5 Å². The molecule has 0 bridgehead atoms. The molecule has 8 aromatic rings. The third-order valence-electron chi connectivity index (χ3n) is 10.00. The highest BCUT2D eigenvalue weighted by Crippen LogP contribution is 2.55. The fourth-order valence-corrected chi connectivity index (χ4v) is 7.72. The van der Waals surface area contributed by atoms with Gasteiger partial charge in [0, 0.05) is 22.3 Å². The summed E-state index contributed by atoms with van der Waals surface area (Å²) in [6.45, 7) is 6.19. The van der Waals surface area contributed by atoms with Gasteiger partial charge in [-0.3, -0.25) is 4.57 Å². The lowest BCUT2D eigenvalue weighted by Crippen LogP contribution is -2.30. The fraction of sp³-hybridized carbons (Fsp3) is 0.0417. The molecule has 1 aliphatic rings. The van der Waals surface area contributed by atoms with E-state index in [4.69, 9.17) is 19.9 Å². The first kappa shape index (κ1) is 32.0. The molecule has 9 rings (SSSR count). The van der Waals surface area contributed by atoms with Gasteiger partial charge in [-0.1, -0.05) is 176 Å². The number of hydrogen-bond acceptors (Lipinski definition) is 4. The van der Waals surface area contributed by atoms with E-state index in [-0.39, 0.29) is 0 Å². The lowest BCUT2D eigenvalue weighted by atomic mass is 9.68. The second-order valence-corrected chi connectivity index (χ2v) is 13.1. The molecule has 0 fully saturated rings. The topological polar surface area (TPSA) is 56.5 Å². The maximum Gasteiger partial charge on any atom is 0.164 e. The molecule has 0 spiro atoms. The van der Waals surface area contributed by atoms with E-state index < -0.39 is 5.41 Å². The predicted octanol–water partition coefficient (Wildman–Crippen LogP) is 11.2. The number of para-hydroxylation sites is 3. The number of benzene rings is 6. The first-order valence-corrected chi connectivity index (χ1v) is 17.8. The molecule has 0 saturated heterocycles. The minimum absolute atomic E-state index is 0.624. The molecule has 0 saturated carbocycles. The van der Waals surface area contributed by atoms with Crippen LogP contribution in [0.2, 0.25) is 0 Å². The van der Waals surface area contributed by atoms with Crippen molar-refractivity contribution < 1.29 is 0 Å². The number of nitrogens with zero attached hydrogens (tertiary/aromatic N) is 5. The largest absolute Gasteiger partial charge is 0.294 e. The van der Waals surface area contributed by atoms with Crippen LogP contribution in [0.1, 0.15) is 23.9 Å². The Morgan fingerprint density at radius 1 is 0.566 bits per heavy atom. The van der Waals surface area contributed by atoms with Gasteiger partial charge in [0.15, 0.2) is 17.5 Å². The van der Waals surface area contributed by atoms with Gasteiger partial charge in [-0.15, -0.1) is 0 Å². The Bertz CT molecular complexity index is 2620. The lowest BCUT2D eigenvalue weighted by Gasteiger charge is -2.32. The van der Waals surface area contributed by atoms with Crippen LogP contribution in [0.15, 0.2) is 194 Å². The molecule has 5 heteroatoms. The number of rotatable bonds is 8. The fourth-order valence-electron chi connectivity index (χ4n) is 7.72. The third-order valence-corrected chi connectivity index (χ3v) is 10.00. The van der Waals surface area contributed by atoms with Crippen LogP contribution < -0.4 is 0 Å². The molecule has 1 atom stereocenters. The molecule has 1 unspecified atom stereocenters. The van der Waals surface area contributed by atoms with Gasteiger partial charge in [-0.25, -0.2) is 19.9 Å². The average molecular weight is 682 g/mol. The molecule has 3 heterocycles. The summed E-state index contributed by atoms with van der Waals surface area (Å²) >= 11 is 0. The highest BCUT2D eigenvalue weighted by molar-refractivity contribution is 5.89. The molecular weight excluding hydrogens is 647 g/mol. The number of hydrogen-bond donors (Lipinski definition) is 0. The smallest absolute Gasteiger partial charge is 0.164 e. The monoisotopic (exact) mass is 681 g/mol. The summed E-state index contributed by atoms with van der Waals surface area (Å²) in [4.78, 5) is 20.2. The Morgan fingerprint density at radius 2 is 1.11 bits per heavy atom. The molecule has 0 radical (unpaired) electrons. The summed E-state index contributed by atoms with van der Waals surface area (Å²) in [5.41, 5.74) is 10.9. The molecule has 252 valence electrons. The average Bonchev–Trinajstić information content (AvgIpc) is 3.75. The van der Waals surface area contributed by atoms with Crippen molar-refractivity contribution in [1.29, 1.82) is 0 Å². The van der Waals surface area contributed by atoms with Crippen LogP contribution in [0.5, 0.6) is 0 Å². The van der Waals surface area contributed by atoms with Crippen molar-refractivity contribution in [3.63, 3.8) is 0 Å². The standard InChI is InChI=1S/C48H35N5/c1-3-17-37(18-4-2)48(38-23-12-7-13-24-38)40-26-16-25-39(43(40)53-42-28-15-14-27-41(42)49-47(48)53)33-29-31-36(32-30-33)46-51-44(34-19-8-5-9-20-34)50-45(52-46)35-21-10-6-11-22-35/h3-32H,1H2,2H3/b18-4-,37-17+. The Hall–Kier alpha value is -6.98. The van der Waals surface area contributed by atoms with E-state index in [1.54, 1.807) is 0 Å². The Kier molecular flexibility index (Phi) is 8.01. The summed E-state index contributed by atoms with van der Waals surface area (Å²) in [6, 6.07) is 54.5. The molecule has 1 aliphatic heterocycles. The minimum Gasteiger partial charge on any atom is -0.294 e. The molecule has 0 N–H and O–H groups in total. The summed E-state index contributed by atoms with van der Waals surface area (Å²) in [5, 5.41) is 0. The van der Waals surface area contributed by atoms with Crippen LogP contribution in [-0.2, 0) is 5.41 Å². The number of fused-ring (bicyclic) bond motifs is 5. The zero-order valence-corrected chi connectivity index (χ0v) is 29.3. The Morgan fingerprint density at radius 3 is 1.72 bits per heavy atom. The number of imidazole rings is 1. The van der Waals surface area contributed by atoms with E-state index in [9.17, 15) is 0 Å². The second kappa shape index (κ2) is 13.3. The van der Waals surface area contributed by atoms with Crippen molar-refractivity contribution in [2.24, 2.45) is 0 Å². The van der Waals surface area contributed by atoms with Gasteiger partial charge < -0.3 is 0 Å². The molecule has 5 nitrogen and oxygen atoms in total. The van der Waals surface area contributed by atoms with Crippen molar-refractivity contribution in [3.8, 4) is 51.0 Å². The van der Waals surface area contributed by atoms with Gasteiger partial charge >= 0.3 is 0 Å². The van der Waals surface area contributed by atoms with Gasteiger partial charge in [-0.2, -0.15) is 0 Å². The highest BCUT2D eigenvalue weighted by atomic mass is 15.1. The van der Waals surface area contributed by atoms with Gasteiger partial charge in [0.2, 0.25) is 0 Å². The van der Waals surface area contributed by atoms with Crippen molar-refractivity contribution in [1.82, 2.24) is 24.5 Å². The van der Waals surface area contributed by atoms with Crippen LogP contribution in [0.25, 0.3) is 62.0 Å². The number of aromatic nitrogens is 5. The Labute approximate surface area is 309 Å². The van der Waals surface area contributed by atoms with Crippen LogP contribution >= 0.6 is 0 Å². The van der Waals surface area contributed by atoms with Crippen molar-refractivity contribution in [2.45, 2.75) is 12.3 Å². The zero-order valence-electron chi connectivity index (χ0n) is 29.3. The van der Waals surface area contributed by atoms with Gasteiger partial charge in [0.25, 0.3) is 0 Å². The van der Waals surface area contributed by atoms with Crippen LogP contribution in [0.4, 0.5) is 0 Å². The summed E-state index contributed by atoms with van der Waals surface area (Å²) < 4.78 is 2.37. The molecule has 0 amide bonds. The van der Waals surface area contributed by atoms with E-state index in [1.165, 1.54) is 5.56 Å². The quantitative estimate of drug-likeness (QED) is 0.150. The van der Waals surface area contributed by atoms with Crippen molar-refractivity contribution >= 4 is 11.0 Å². The Balaban J connectivity index is 1.25. The summed E-state index contributed by atoms with van der Waals surface area (Å²) in [7, 11) is 0. The highest BCUT2D eigenvalue weighted by Gasteiger charge is 2.50. The zero-order chi connectivity index (χ0) is 35.8. The minimum atomic E-state index is -0.682. The predicted molar refractivity (Wildman–Crippen MR) is 216 cm³/mol. The molecule has 6 aromatic carbocycles. The van der Waals surface area contributed by atoms with E-state index in [1.807, 2.05) is 66.7 Å². The van der Waals surface area contributed by atoms with E-state index in [2.05, 4.69) is 133 Å². The van der Waals surface area contributed by atoms with Crippen LogP contribution in [0, 0.1) is 0 Å². The van der Waals surface area contributed by atoms with Gasteiger partial charge in [0.05, 0.1) is 16.7 Å². The maximum atomic E-state index is 5.41. The van der Waals surface area contributed by atoms with Gasteiger partial charge in [0.1, 0.15) is 11.2 Å². The van der Waals surface area contributed by atoms with Crippen molar-refractivity contribution in [2.75, 3.05) is 0 Å². The van der Waals surface area contributed by atoms with Crippen molar-refractivity contribution in [3.05, 3.63) is 211 Å².